The minimum Gasteiger partial charge on any atom is -0.334 e. The van der Waals surface area contributed by atoms with Crippen molar-refractivity contribution < 1.29 is 4.52 Å². The molecule has 17 heavy (non-hydrogen) atoms. The molecular weight excluding hydrogens is 327 g/mol. The van der Waals surface area contributed by atoms with E-state index in [2.05, 4.69) is 26.1 Å². The largest absolute Gasteiger partial charge is 0.334 e. The van der Waals surface area contributed by atoms with Crippen LogP contribution in [-0.4, -0.2) is 10.1 Å². The molecule has 2 aromatic rings. The van der Waals surface area contributed by atoms with Crippen molar-refractivity contribution in [2.45, 2.75) is 18.7 Å². The van der Waals surface area contributed by atoms with Gasteiger partial charge in [-0.2, -0.15) is 4.98 Å². The van der Waals surface area contributed by atoms with Crippen molar-refractivity contribution in [3.63, 3.8) is 0 Å². The van der Waals surface area contributed by atoms with Crippen LogP contribution in [0.25, 0.3) is 11.5 Å². The first-order valence-corrected chi connectivity index (χ1v) is 6.65. The lowest BCUT2D eigenvalue weighted by Gasteiger charge is -1.99. The van der Waals surface area contributed by atoms with E-state index >= 15 is 0 Å². The highest BCUT2D eigenvalue weighted by Crippen LogP contribution is 2.31. The zero-order valence-corrected chi connectivity index (χ0v) is 12.1. The van der Waals surface area contributed by atoms with Crippen LogP contribution in [0.2, 0.25) is 5.02 Å². The van der Waals surface area contributed by atoms with Crippen LogP contribution < -0.4 is 0 Å². The molecule has 0 aliphatic rings. The standard InChI is InChI=1S/C11H9BrCl2N2O/c1-2-8(13)10-15-11(17-16-10)7-5-6(12)3-4-9(7)14/h3-5,8H,2H2,1H3. The van der Waals surface area contributed by atoms with Crippen LogP contribution in [0.4, 0.5) is 0 Å². The van der Waals surface area contributed by atoms with Gasteiger partial charge in [-0.3, -0.25) is 0 Å². The maximum absolute atomic E-state index is 6.07. The summed E-state index contributed by atoms with van der Waals surface area (Å²) in [6.07, 6.45) is 0.743. The number of nitrogens with zero attached hydrogens (tertiary/aromatic N) is 2. The van der Waals surface area contributed by atoms with Gasteiger partial charge in [-0.1, -0.05) is 39.6 Å². The summed E-state index contributed by atoms with van der Waals surface area (Å²) in [5.41, 5.74) is 0.694. The molecular formula is C11H9BrCl2N2O. The molecule has 0 aliphatic carbocycles. The Bertz CT molecular complexity index is 530. The first-order chi connectivity index (χ1) is 8.11. The lowest BCUT2D eigenvalue weighted by Crippen LogP contribution is -1.90. The van der Waals surface area contributed by atoms with Crippen molar-refractivity contribution in [3.05, 3.63) is 33.5 Å². The molecule has 0 bridgehead atoms. The Labute approximate surface area is 117 Å². The van der Waals surface area contributed by atoms with Crippen molar-refractivity contribution >= 4 is 39.1 Å². The van der Waals surface area contributed by atoms with Gasteiger partial charge in [0.05, 0.1) is 16.0 Å². The maximum atomic E-state index is 6.07. The summed E-state index contributed by atoms with van der Waals surface area (Å²) < 4.78 is 6.06. The van der Waals surface area contributed by atoms with Crippen LogP contribution in [0, 0.1) is 0 Å². The number of alkyl halides is 1. The fourth-order valence-corrected chi connectivity index (χ4v) is 1.96. The average Bonchev–Trinajstić information content (AvgIpc) is 2.80. The van der Waals surface area contributed by atoms with Crippen LogP contribution in [0.3, 0.4) is 0 Å². The Morgan fingerprint density at radius 1 is 1.47 bits per heavy atom. The van der Waals surface area contributed by atoms with Crippen LogP contribution in [0.15, 0.2) is 27.2 Å². The summed E-state index contributed by atoms with van der Waals surface area (Å²) in [5, 5.41) is 4.17. The zero-order chi connectivity index (χ0) is 12.4. The van der Waals surface area contributed by atoms with Crippen molar-refractivity contribution in [3.8, 4) is 11.5 Å². The molecule has 0 spiro atoms. The van der Waals surface area contributed by atoms with Crippen LogP contribution in [0.1, 0.15) is 24.5 Å². The predicted octanol–water partition coefficient (Wildman–Crippen LogP) is 4.84. The average molecular weight is 336 g/mol. The molecule has 90 valence electrons. The molecule has 6 heteroatoms. The molecule has 0 fully saturated rings. The monoisotopic (exact) mass is 334 g/mol. The number of halogens is 3. The van der Waals surface area contributed by atoms with Gasteiger partial charge in [-0.05, 0) is 24.6 Å². The van der Waals surface area contributed by atoms with Gasteiger partial charge in [0.15, 0.2) is 5.82 Å². The maximum Gasteiger partial charge on any atom is 0.259 e. The van der Waals surface area contributed by atoms with Gasteiger partial charge in [0, 0.05) is 4.47 Å². The highest BCUT2D eigenvalue weighted by Gasteiger charge is 2.16. The summed E-state index contributed by atoms with van der Waals surface area (Å²) in [6, 6.07) is 5.44. The molecule has 1 aromatic carbocycles. The second-order valence-electron chi connectivity index (χ2n) is 3.46. The number of hydrogen-bond acceptors (Lipinski definition) is 3. The van der Waals surface area contributed by atoms with E-state index in [4.69, 9.17) is 27.7 Å². The summed E-state index contributed by atoms with van der Waals surface area (Å²) in [7, 11) is 0. The fourth-order valence-electron chi connectivity index (χ4n) is 1.32. The van der Waals surface area contributed by atoms with Crippen LogP contribution in [0.5, 0.6) is 0 Å². The van der Waals surface area contributed by atoms with Crippen LogP contribution in [-0.2, 0) is 0 Å². The van der Waals surface area contributed by atoms with E-state index < -0.39 is 0 Å². The third kappa shape index (κ3) is 2.81. The van der Waals surface area contributed by atoms with E-state index in [1.165, 1.54) is 0 Å². The molecule has 1 aromatic heterocycles. The van der Waals surface area contributed by atoms with Gasteiger partial charge in [0.25, 0.3) is 5.89 Å². The molecule has 0 saturated carbocycles. The second-order valence-corrected chi connectivity index (χ2v) is 5.31. The molecule has 1 unspecified atom stereocenters. The van der Waals surface area contributed by atoms with Gasteiger partial charge < -0.3 is 4.52 Å². The van der Waals surface area contributed by atoms with E-state index in [1.807, 2.05) is 19.1 Å². The summed E-state index contributed by atoms with van der Waals surface area (Å²) in [6.45, 7) is 1.96. The molecule has 2 rings (SSSR count). The molecule has 3 nitrogen and oxygen atoms in total. The molecule has 0 radical (unpaired) electrons. The smallest absolute Gasteiger partial charge is 0.259 e. The highest BCUT2D eigenvalue weighted by atomic mass is 79.9. The molecule has 0 aliphatic heterocycles. The topological polar surface area (TPSA) is 38.9 Å². The number of aromatic nitrogens is 2. The third-order valence-corrected chi connectivity index (χ3v) is 3.57. The first kappa shape index (κ1) is 12.9. The number of benzene rings is 1. The van der Waals surface area contributed by atoms with E-state index in [0.717, 1.165) is 10.9 Å². The fraction of sp³-hybridized carbons (Fsp3) is 0.273. The first-order valence-electron chi connectivity index (χ1n) is 5.05. The SMILES string of the molecule is CCC(Cl)c1noc(-c2cc(Br)ccc2Cl)n1. The molecule has 1 atom stereocenters. The van der Waals surface area contributed by atoms with Crippen molar-refractivity contribution in [1.29, 1.82) is 0 Å². The Morgan fingerprint density at radius 2 is 2.24 bits per heavy atom. The van der Waals surface area contributed by atoms with E-state index in [-0.39, 0.29) is 5.38 Å². The molecule has 0 amide bonds. The predicted molar refractivity (Wildman–Crippen MR) is 71.3 cm³/mol. The summed E-state index contributed by atoms with van der Waals surface area (Å²) >= 11 is 15.5. The van der Waals surface area contributed by atoms with Gasteiger partial charge in [0.2, 0.25) is 0 Å². The second kappa shape index (κ2) is 5.38. The van der Waals surface area contributed by atoms with E-state index in [9.17, 15) is 0 Å². The normalized spacial score (nSPS) is 12.7. The van der Waals surface area contributed by atoms with Crippen molar-refractivity contribution in [2.75, 3.05) is 0 Å². The Morgan fingerprint density at radius 3 is 2.94 bits per heavy atom. The molecule has 0 saturated heterocycles. The van der Waals surface area contributed by atoms with Crippen molar-refractivity contribution in [2.24, 2.45) is 0 Å². The summed E-state index contributed by atoms with van der Waals surface area (Å²) in [4.78, 5) is 4.24. The number of rotatable bonds is 3. The van der Waals surface area contributed by atoms with Gasteiger partial charge in [-0.25, -0.2) is 0 Å². The Hall–Kier alpha value is -0.580. The van der Waals surface area contributed by atoms with Gasteiger partial charge in [-0.15, -0.1) is 11.6 Å². The lowest BCUT2D eigenvalue weighted by atomic mass is 10.2. The Kier molecular flexibility index (Phi) is 4.07. The van der Waals surface area contributed by atoms with Crippen molar-refractivity contribution in [1.82, 2.24) is 10.1 Å². The van der Waals surface area contributed by atoms with Gasteiger partial charge in [0.1, 0.15) is 0 Å². The highest BCUT2D eigenvalue weighted by molar-refractivity contribution is 9.10. The Balaban J connectivity index is 2.40. The van der Waals surface area contributed by atoms with E-state index in [0.29, 0.717) is 22.3 Å². The van der Waals surface area contributed by atoms with E-state index in [1.54, 1.807) is 6.07 Å². The third-order valence-electron chi connectivity index (χ3n) is 2.24. The molecule has 1 heterocycles. The quantitative estimate of drug-likeness (QED) is 0.753. The van der Waals surface area contributed by atoms with Gasteiger partial charge >= 0.3 is 0 Å². The van der Waals surface area contributed by atoms with Crippen LogP contribution >= 0.6 is 39.1 Å². The summed E-state index contributed by atoms with van der Waals surface area (Å²) in [5.74, 6) is 0.866. The minimum absolute atomic E-state index is 0.238. The minimum atomic E-state index is -0.238. The zero-order valence-electron chi connectivity index (χ0n) is 8.95. The molecule has 0 N–H and O–H groups in total. The number of hydrogen-bond donors (Lipinski definition) is 0. The lowest BCUT2D eigenvalue weighted by molar-refractivity contribution is 0.421.